The molecule has 0 bridgehead atoms. The van der Waals surface area contributed by atoms with E-state index in [4.69, 9.17) is 0 Å². The van der Waals surface area contributed by atoms with Crippen molar-refractivity contribution < 1.29 is 10.2 Å². The van der Waals surface area contributed by atoms with E-state index in [1.54, 1.807) is 19.1 Å². The number of aromatic hydroxyl groups is 2. The highest BCUT2D eigenvalue weighted by atomic mass is 16.3. The molecule has 0 aliphatic carbocycles. The van der Waals surface area contributed by atoms with Gasteiger partial charge in [0.25, 0.3) is 0 Å². The largest absolute Gasteiger partial charge is 0.508 e. The van der Waals surface area contributed by atoms with Crippen molar-refractivity contribution >= 4 is 0 Å². The minimum absolute atomic E-state index is 0.240. The summed E-state index contributed by atoms with van der Waals surface area (Å²) < 4.78 is 0. The maximum absolute atomic E-state index is 9.94. The second-order valence-electron chi connectivity index (χ2n) is 6.93. The van der Waals surface area contributed by atoms with Crippen molar-refractivity contribution in [2.24, 2.45) is 0 Å². The maximum Gasteiger partial charge on any atom is 0.119 e. The van der Waals surface area contributed by atoms with Crippen LogP contribution in [-0.2, 0) is 6.42 Å². The van der Waals surface area contributed by atoms with Gasteiger partial charge in [-0.1, -0.05) is 34.9 Å². The molecule has 2 heteroatoms. The summed E-state index contributed by atoms with van der Waals surface area (Å²) in [6.07, 6.45) is 11.7. The standard InChI is InChI=1S/C22H32O2/c1-16(2)8-6-9-17(3)10-7-11-18(4)12-13-20-15-21(23)19(5)14-22(20)24/h8,10,12,14-15,23-24H,6-7,9,11,13H2,1-5H3/b17-10+,18-12+. The van der Waals surface area contributed by atoms with Gasteiger partial charge >= 0.3 is 0 Å². The van der Waals surface area contributed by atoms with Gasteiger partial charge in [-0.25, -0.2) is 0 Å². The summed E-state index contributed by atoms with van der Waals surface area (Å²) in [7, 11) is 0. The van der Waals surface area contributed by atoms with Crippen molar-refractivity contribution in [2.75, 3.05) is 0 Å². The summed E-state index contributed by atoms with van der Waals surface area (Å²) in [6, 6.07) is 3.27. The fraction of sp³-hybridized carbons (Fsp3) is 0.455. The molecule has 24 heavy (non-hydrogen) atoms. The minimum atomic E-state index is 0.240. The lowest BCUT2D eigenvalue weighted by molar-refractivity contribution is 0.452. The molecule has 2 N–H and O–H groups in total. The second-order valence-corrected chi connectivity index (χ2v) is 6.93. The predicted molar refractivity (Wildman–Crippen MR) is 104 cm³/mol. The SMILES string of the molecule is CC(C)=CCC/C(C)=C/CC/C(C)=C/Cc1cc(O)c(C)cc1O. The van der Waals surface area contributed by atoms with E-state index < -0.39 is 0 Å². The Morgan fingerprint density at radius 3 is 2.04 bits per heavy atom. The summed E-state index contributed by atoms with van der Waals surface area (Å²) >= 11 is 0. The van der Waals surface area contributed by atoms with Crippen LogP contribution in [0.25, 0.3) is 0 Å². The molecule has 0 unspecified atom stereocenters. The van der Waals surface area contributed by atoms with Crippen molar-refractivity contribution in [2.45, 2.75) is 66.7 Å². The third-order valence-electron chi connectivity index (χ3n) is 4.19. The van der Waals surface area contributed by atoms with E-state index in [0.29, 0.717) is 12.0 Å². The number of allylic oxidation sites excluding steroid dienone is 6. The van der Waals surface area contributed by atoms with E-state index in [1.165, 1.54) is 16.7 Å². The molecular formula is C22H32O2. The molecule has 0 saturated heterocycles. The lowest BCUT2D eigenvalue weighted by atomic mass is 10.0. The topological polar surface area (TPSA) is 40.5 Å². The van der Waals surface area contributed by atoms with Crippen molar-refractivity contribution in [3.8, 4) is 11.5 Å². The van der Waals surface area contributed by atoms with Gasteiger partial charge in [0, 0.05) is 5.56 Å². The molecular weight excluding hydrogens is 296 g/mol. The Morgan fingerprint density at radius 1 is 0.833 bits per heavy atom. The molecule has 0 spiro atoms. The van der Waals surface area contributed by atoms with Crippen LogP contribution in [0.5, 0.6) is 11.5 Å². The Bertz CT molecular complexity index is 630. The third-order valence-corrected chi connectivity index (χ3v) is 4.19. The van der Waals surface area contributed by atoms with Crippen LogP contribution in [0.4, 0.5) is 0 Å². The quantitative estimate of drug-likeness (QED) is 0.430. The number of phenols is 2. The fourth-order valence-corrected chi connectivity index (χ4v) is 2.51. The summed E-state index contributed by atoms with van der Waals surface area (Å²) in [5, 5.41) is 19.7. The highest BCUT2D eigenvalue weighted by molar-refractivity contribution is 5.45. The highest BCUT2D eigenvalue weighted by Crippen LogP contribution is 2.27. The molecule has 1 aromatic carbocycles. The zero-order chi connectivity index (χ0) is 18.1. The van der Waals surface area contributed by atoms with Crippen molar-refractivity contribution in [1.82, 2.24) is 0 Å². The molecule has 1 rings (SSSR count). The number of phenolic OH excluding ortho intramolecular Hbond substituents is 2. The van der Waals surface area contributed by atoms with Gasteiger partial charge in [-0.3, -0.25) is 0 Å². The summed E-state index contributed by atoms with van der Waals surface area (Å²) in [4.78, 5) is 0. The molecule has 0 heterocycles. The molecule has 1 aromatic rings. The smallest absolute Gasteiger partial charge is 0.119 e. The normalized spacial score (nSPS) is 12.4. The Morgan fingerprint density at radius 2 is 1.42 bits per heavy atom. The van der Waals surface area contributed by atoms with E-state index in [-0.39, 0.29) is 11.5 Å². The first kappa shape index (κ1) is 20.1. The van der Waals surface area contributed by atoms with Gasteiger partial charge in [-0.2, -0.15) is 0 Å². The van der Waals surface area contributed by atoms with Gasteiger partial charge < -0.3 is 10.2 Å². The predicted octanol–water partition coefficient (Wildman–Crippen LogP) is 6.37. The molecule has 2 nitrogen and oxygen atoms in total. The van der Waals surface area contributed by atoms with Crippen molar-refractivity contribution in [1.29, 1.82) is 0 Å². The van der Waals surface area contributed by atoms with E-state index in [2.05, 4.69) is 45.9 Å². The minimum Gasteiger partial charge on any atom is -0.508 e. The molecule has 0 amide bonds. The van der Waals surface area contributed by atoms with Gasteiger partial charge in [-0.15, -0.1) is 0 Å². The van der Waals surface area contributed by atoms with Crippen LogP contribution >= 0.6 is 0 Å². The van der Waals surface area contributed by atoms with E-state index >= 15 is 0 Å². The van der Waals surface area contributed by atoms with E-state index in [1.807, 2.05) is 0 Å². The number of benzene rings is 1. The average molecular weight is 328 g/mol. The van der Waals surface area contributed by atoms with Crippen LogP contribution in [0.3, 0.4) is 0 Å². The lowest BCUT2D eigenvalue weighted by Crippen LogP contribution is -1.87. The van der Waals surface area contributed by atoms with Crippen LogP contribution in [0.2, 0.25) is 0 Å². The molecule has 0 saturated carbocycles. The first-order valence-corrected chi connectivity index (χ1v) is 8.75. The van der Waals surface area contributed by atoms with Crippen molar-refractivity contribution in [3.63, 3.8) is 0 Å². The fourth-order valence-electron chi connectivity index (χ4n) is 2.51. The average Bonchev–Trinajstić information content (AvgIpc) is 2.49. The van der Waals surface area contributed by atoms with Gasteiger partial charge in [0.1, 0.15) is 11.5 Å². The van der Waals surface area contributed by atoms with E-state index in [0.717, 1.165) is 31.2 Å². The van der Waals surface area contributed by atoms with Gasteiger partial charge in [0.15, 0.2) is 0 Å². The number of rotatable bonds is 8. The monoisotopic (exact) mass is 328 g/mol. The Kier molecular flexibility index (Phi) is 8.39. The van der Waals surface area contributed by atoms with Gasteiger partial charge in [0.2, 0.25) is 0 Å². The first-order chi connectivity index (χ1) is 11.3. The Labute approximate surface area is 147 Å². The summed E-state index contributed by atoms with van der Waals surface area (Å²) in [5.74, 6) is 0.494. The lowest BCUT2D eigenvalue weighted by Gasteiger charge is -2.06. The zero-order valence-corrected chi connectivity index (χ0v) is 15.8. The summed E-state index contributed by atoms with van der Waals surface area (Å²) in [6.45, 7) is 10.4. The molecule has 0 fully saturated rings. The van der Waals surface area contributed by atoms with Crippen LogP contribution in [-0.4, -0.2) is 10.2 Å². The van der Waals surface area contributed by atoms with Crippen LogP contribution in [0, 0.1) is 6.92 Å². The number of hydrogen-bond acceptors (Lipinski definition) is 2. The van der Waals surface area contributed by atoms with Crippen LogP contribution in [0.1, 0.15) is 64.5 Å². The molecule has 0 atom stereocenters. The number of aryl methyl sites for hydroxylation is 1. The van der Waals surface area contributed by atoms with Gasteiger partial charge in [0.05, 0.1) is 0 Å². The Balaban J connectivity index is 2.48. The van der Waals surface area contributed by atoms with Crippen LogP contribution < -0.4 is 0 Å². The summed E-state index contributed by atoms with van der Waals surface area (Å²) in [5.41, 5.74) is 5.60. The second kappa shape index (κ2) is 10.0. The molecule has 0 aromatic heterocycles. The maximum atomic E-state index is 9.94. The molecule has 132 valence electrons. The molecule has 0 radical (unpaired) electrons. The first-order valence-electron chi connectivity index (χ1n) is 8.75. The third kappa shape index (κ3) is 7.54. The highest BCUT2D eigenvalue weighted by Gasteiger charge is 2.04. The van der Waals surface area contributed by atoms with Crippen molar-refractivity contribution in [3.05, 3.63) is 58.2 Å². The Hall–Kier alpha value is -1.96. The van der Waals surface area contributed by atoms with Crippen LogP contribution in [0.15, 0.2) is 47.1 Å². The molecule has 0 aliphatic rings. The zero-order valence-electron chi connectivity index (χ0n) is 15.8. The molecule has 0 aliphatic heterocycles. The number of hydrogen-bond donors (Lipinski definition) is 2. The van der Waals surface area contributed by atoms with E-state index in [9.17, 15) is 10.2 Å². The van der Waals surface area contributed by atoms with Gasteiger partial charge in [-0.05, 0) is 84.4 Å².